The Morgan fingerprint density at radius 3 is 2.53 bits per heavy atom. The quantitative estimate of drug-likeness (QED) is 0.555. The topological polar surface area (TPSA) is 12.0 Å². The Hall–Kier alpha value is -1.26. The van der Waals surface area contributed by atoms with Gasteiger partial charge in [-0.2, -0.15) is 0 Å². The number of terminal acetylenes is 1. The number of benzene rings is 1. The number of hydrogen-bond acceptors (Lipinski definition) is 1. The van der Waals surface area contributed by atoms with Gasteiger partial charge in [-0.15, -0.1) is 12.3 Å². The van der Waals surface area contributed by atoms with E-state index in [0.717, 1.165) is 32.2 Å². The maximum atomic E-state index is 5.22. The summed E-state index contributed by atoms with van der Waals surface area (Å²) in [5.41, 5.74) is 2.76. The van der Waals surface area contributed by atoms with Gasteiger partial charge >= 0.3 is 0 Å². The zero-order chi connectivity index (χ0) is 12.5. The molecular weight excluding hydrogens is 206 g/mol. The van der Waals surface area contributed by atoms with Gasteiger partial charge in [0.2, 0.25) is 0 Å². The van der Waals surface area contributed by atoms with Gasteiger partial charge in [0.1, 0.15) is 0 Å². The third-order valence-corrected chi connectivity index (χ3v) is 3.09. The van der Waals surface area contributed by atoms with E-state index in [9.17, 15) is 0 Å². The first-order valence-corrected chi connectivity index (χ1v) is 6.53. The lowest BCUT2D eigenvalue weighted by Crippen LogP contribution is -2.19. The molecule has 0 amide bonds. The van der Waals surface area contributed by atoms with Crippen molar-refractivity contribution < 1.29 is 0 Å². The normalized spacial score (nSPS) is 12.1. The van der Waals surface area contributed by atoms with Crippen LogP contribution >= 0.6 is 0 Å². The third kappa shape index (κ3) is 5.06. The molecule has 1 heteroatoms. The van der Waals surface area contributed by atoms with Crippen molar-refractivity contribution in [2.45, 2.75) is 45.6 Å². The van der Waals surface area contributed by atoms with E-state index < -0.39 is 0 Å². The Labute approximate surface area is 106 Å². The van der Waals surface area contributed by atoms with E-state index in [2.05, 4.69) is 49.4 Å². The molecule has 0 saturated heterocycles. The van der Waals surface area contributed by atoms with Crippen LogP contribution in [0.5, 0.6) is 0 Å². The van der Waals surface area contributed by atoms with Gasteiger partial charge in [-0.25, -0.2) is 0 Å². The summed E-state index contributed by atoms with van der Waals surface area (Å²) in [6.45, 7) is 5.43. The number of aryl methyl sites for hydroxylation is 1. The third-order valence-electron chi connectivity index (χ3n) is 3.09. The average Bonchev–Trinajstić information content (AvgIpc) is 2.38. The lowest BCUT2D eigenvalue weighted by molar-refractivity contribution is 0.549. The molecule has 17 heavy (non-hydrogen) atoms. The Kier molecular flexibility index (Phi) is 6.43. The van der Waals surface area contributed by atoms with Crippen molar-refractivity contribution in [1.82, 2.24) is 5.32 Å². The fourth-order valence-electron chi connectivity index (χ4n) is 1.83. The fourth-order valence-corrected chi connectivity index (χ4v) is 1.83. The summed E-state index contributed by atoms with van der Waals surface area (Å²) >= 11 is 0. The zero-order valence-electron chi connectivity index (χ0n) is 11.0. The molecule has 1 N–H and O–H groups in total. The van der Waals surface area contributed by atoms with Gasteiger partial charge in [0, 0.05) is 12.5 Å². The van der Waals surface area contributed by atoms with Crippen LogP contribution in [-0.2, 0) is 6.42 Å². The van der Waals surface area contributed by atoms with Crippen LogP contribution in [0.3, 0.4) is 0 Å². The van der Waals surface area contributed by atoms with Crippen LogP contribution in [0.15, 0.2) is 24.3 Å². The van der Waals surface area contributed by atoms with Gasteiger partial charge in [-0.3, -0.25) is 0 Å². The monoisotopic (exact) mass is 229 g/mol. The average molecular weight is 229 g/mol. The highest BCUT2D eigenvalue weighted by atomic mass is 14.9. The summed E-state index contributed by atoms with van der Waals surface area (Å²) in [6.07, 6.45) is 9.48. The van der Waals surface area contributed by atoms with E-state index >= 15 is 0 Å². The summed E-state index contributed by atoms with van der Waals surface area (Å²) in [4.78, 5) is 0. The molecule has 1 aromatic carbocycles. The zero-order valence-corrected chi connectivity index (χ0v) is 11.0. The molecule has 0 saturated carbocycles. The lowest BCUT2D eigenvalue weighted by atomic mass is 10.0. The molecular formula is C16H23N. The minimum absolute atomic E-state index is 0.423. The van der Waals surface area contributed by atoms with Crippen molar-refractivity contribution in [2.24, 2.45) is 0 Å². The summed E-state index contributed by atoms with van der Waals surface area (Å²) < 4.78 is 0. The van der Waals surface area contributed by atoms with E-state index in [0.29, 0.717) is 6.04 Å². The minimum atomic E-state index is 0.423. The molecule has 0 aliphatic rings. The van der Waals surface area contributed by atoms with Crippen molar-refractivity contribution >= 4 is 0 Å². The Morgan fingerprint density at radius 1 is 1.24 bits per heavy atom. The van der Waals surface area contributed by atoms with Crippen molar-refractivity contribution in [2.75, 3.05) is 6.54 Å². The summed E-state index contributed by atoms with van der Waals surface area (Å²) in [7, 11) is 0. The second-order valence-corrected chi connectivity index (χ2v) is 4.43. The first-order valence-electron chi connectivity index (χ1n) is 6.53. The molecule has 0 aliphatic carbocycles. The standard InChI is InChI=1S/C16H23N/c1-4-6-7-8-13-17-14(3)16-11-9-15(5-2)10-12-16/h1,9-12,14,17H,5-8,13H2,2-3H3. The van der Waals surface area contributed by atoms with E-state index in [-0.39, 0.29) is 0 Å². The SMILES string of the molecule is C#CCCCCNC(C)c1ccc(CC)cc1. The molecule has 1 aromatic rings. The van der Waals surface area contributed by atoms with Gasteiger partial charge in [-0.05, 0) is 43.9 Å². The first kappa shape index (κ1) is 13.8. The highest BCUT2D eigenvalue weighted by Gasteiger charge is 2.03. The number of hydrogen-bond donors (Lipinski definition) is 1. The first-order chi connectivity index (χ1) is 8.27. The lowest BCUT2D eigenvalue weighted by Gasteiger charge is -2.14. The summed E-state index contributed by atoms with van der Waals surface area (Å²) in [5, 5.41) is 3.53. The molecule has 0 radical (unpaired) electrons. The second-order valence-electron chi connectivity index (χ2n) is 4.43. The number of rotatable bonds is 7. The van der Waals surface area contributed by atoms with Crippen LogP contribution < -0.4 is 5.32 Å². The highest BCUT2D eigenvalue weighted by molar-refractivity contribution is 5.24. The molecule has 0 aromatic heterocycles. The van der Waals surface area contributed by atoms with Crippen LogP contribution in [0.4, 0.5) is 0 Å². The largest absolute Gasteiger partial charge is 0.310 e. The minimum Gasteiger partial charge on any atom is -0.310 e. The Bertz CT molecular complexity index is 345. The summed E-state index contributed by atoms with van der Waals surface area (Å²) in [5.74, 6) is 2.67. The van der Waals surface area contributed by atoms with Gasteiger partial charge in [-0.1, -0.05) is 31.2 Å². The molecule has 92 valence electrons. The van der Waals surface area contributed by atoms with Crippen LogP contribution in [0, 0.1) is 12.3 Å². The van der Waals surface area contributed by atoms with Crippen molar-refractivity contribution in [3.63, 3.8) is 0 Å². The Morgan fingerprint density at radius 2 is 1.94 bits per heavy atom. The highest BCUT2D eigenvalue weighted by Crippen LogP contribution is 2.13. The van der Waals surface area contributed by atoms with E-state index in [4.69, 9.17) is 6.42 Å². The predicted molar refractivity (Wildman–Crippen MR) is 74.9 cm³/mol. The van der Waals surface area contributed by atoms with Crippen LogP contribution in [0.25, 0.3) is 0 Å². The molecule has 0 aliphatic heterocycles. The molecule has 1 nitrogen and oxygen atoms in total. The molecule has 1 rings (SSSR count). The van der Waals surface area contributed by atoms with Crippen LogP contribution in [0.1, 0.15) is 50.3 Å². The maximum Gasteiger partial charge on any atom is 0.0291 e. The predicted octanol–water partition coefficient (Wildman–Crippen LogP) is 3.70. The van der Waals surface area contributed by atoms with Gasteiger partial charge < -0.3 is 5.32 Å². The van der Waals surface area contributed by atoms with Crippen molar-refractivity contribution in [1.29, 1.82) is 0 Å². The Balaban J connectivity index is 2.31. The summed E-state index contributed by atoms with van der Waals surface area (Å²) in [6, 6.07) is 9.29. The van der Waals surface area contributed by atoms with Crippen LogP contribution in [-0.4, -0.2) is 6.54 Å². The molecule has 1 unspecified atom stereocenters. The van der Waals surface area contributed by atoms with Crippen molar-refractivity contribution in [3.8, 4) is 12.3 Å². The van der Waals surface area contributed by atoms with Crippen LogP contribution in [0.2, 0.25) is 0 Å². The maximum absolute atomic E-state index is 5.22. The van der Waals surface area contributed by atoms with E-state index in [1.54, 1.807) is 0 Å². The number of unbranched alkanes of at least 4 members (excludes halogenated alkanes) is 2. The smallest absolute Gasteiger partial charge is 0.0291 e. The second kappa shape index (κ2) is 7.92. The molecule has 0 heterocycles. The van der Waals surface area contributed by atoms with E-state index in [1.165, 1.54) is 11.1 Å². The molecule has 0 spiro atoms. The van der Waals surface area contributed by atoms with Crippen molar-refractivity contribution in [3.05, 3.63) is 35.4 Å². The number of nitrogens with one attached hydrogen (secondary N) is 1. The molecule has 1 atom stereocenters. The molecule has 0 fully saturated rings. The van der Waals surface area contributed by atoms with E-state index in [1.807, 2.05) is 0 Å². The van der Waals surface area contributed by atoms with Gasteiger partial charge in [0.25, 0.3) is 0 Å². The van der Waals surface area contributed by atoms with Gasteiger partial charge in [0.15, 0.2) is 0 Å². The fraction of sp³-hybridized carbons (Fsp3) is 0.500. The molecule has 0 bridgehead atoms. The van der Waals surface area contributed by atoms with Gasteiger partial charge in [0.05, 0.1) is 0 Å².